The van der Waals surface area contributed by atoms with Crippen LogP contribution in [-0.2, 0) is 16.1 Å². The fourth-order valence-corrected chi connectivity index (χ4v) is 2.26. The van der Waals surface area contributed by atoms with Gasteiger partial charge in [-0.1, -0.05) is 18.2 Å². The second-order valence-electron chi connectivity index (χ2n) is 6.62. The molecular weight excluding hydrogens is 310 g/mol. The average Bonchev–Trinajstić information content (AvgIpc) is 2.53. The van der Waals surface area contributed by atoms with Crippen LogP contribution in [0, 0.1) is 10.1 Å². The Kier molecular flexibility index (Phi) is 8.35. The maximum atomic E-state index is 10.8. The van der Waals surface area contributed by atoms with E-state index in [1.165, 1.54) is 0 Å². The number of hydrogen-bond donors (Lipinski definition) is 2. The maximum Gasteiger partial charge on any atom is 0.293 e. The number of nitro groups is 1. The fourth-order valence-electron chi connectivity index (χ4n) is 2.26. The van der Waals surface area contributed by atoms with Gasteiger partial charge >= 0.3 is 0 Å². The summed E-state index contributed by atoms with van der Waals surface area (Å²) in [6, 6.07) is 7.38. The van der Waals surface area contributed by atoms with Crippen molar-refractivity contribution in [2.45, 2.75) is 51.8 Å². The number of carbonyl (C=O) groups is 1. The number of nitrogens with one attached hydrogen (secondary N) is 2. The summed E-state index contributed by atoms with van der Waals surface area (Å²) >= 11 is 0. The molecule has 0 radical (unpaired) electrons. The van der Waals surface area contributed by atoms with Crippen LogP contribution in [0.25, 0.3) is 0 Å². The highest BCUT2D eigenvalue weighted by molar-refractivity contribution is 5.39. The molecule has 1 saturated heterocycles. The number of ether oxygens (including phenoxy) is 1. The molecular formula is C17H27N3O4. The SMILES string of the molecule is CC(C)(C)OC=O.O=[N+]([O-])c1ccccc1CNC1CCNCC1. The third kappa shape index (κ3) is 8.03. The van der Waals surface area contributed by atoms with Crippen LogP contribution in [0.5, 0.6) is 0 Å². The van der Waals surface area contributed by atoms with E-state index in [9.17, 15) is 14.9 Å². The third-order valence-corrected chi connectivity index (χ3v) is 3.51. The van der Waals surface area contributed by atoms with E-state index in [-0.39, 0.29) is 16.2 Å². The van der Waals surface area contributed by atoms with Crippen LogP contribution in [-0.4, -0.2) is 36.1 Å². The molecule has 7 heteroatoms. The molecule has 1 fully saturated rings. The smallest absolute Gasteiger partial charge is 0.293 e. The molecule has 7 nitrogen and oxygen atoms in total. The van der Waals surface area contributed by atoms with Crippen LogP contribution in [0.15, 0.2) is 24.3 Å². The highest BCUT2D eigenvalue weighted by atomic mass is 16.6. The van der Waals surface area contributed by atoms with Crippen LogP contribution < -0.4 is 10.6 Å². The molecule has 0 saturated carbocycles. The lowest BCUT2D eigenvalue weighted by atomic mass is 10.1. The summed E-state index contributed by atoms with van der Waals surface area (Å²) in [5, 5.41) is 17.5. The standard InChI is InChI=1S/C12H17N3O2.C5H10O2/c16-15(17)12-4-2-1-3-10(12)9-14-11-5-7-13-8-6-11;1-5(2,3)7-4-6/h1-4,11,13-14H,5-9H2;4H,1-3H3. The Morgan fingerprint density at radius 3 is 2.46 bits per heavy atom. The monoisotopic (exact) mass is 337 g/mol. The molecule has 0 bridgehead atoms. The van der Waals surface area contributed by atoms with Gasteiger partial charge in [-0.2, -0.15) is 0 Å². The van der Waals surface area contributed by atoms with Crippen molar-refractivity contribution < 1.29 is 14.5 Å². The predicted molar refractivity (Wildman–Crippen MR) is 92.7 cm³/mol. The molecule has 0 aromatic heterocycles. The molecule has 1 aromatic carbocycles. The normalized spacial score (nSPS) is 15.1. The number of nitrogens with zero attached hydrogens (tertiary/aromatic N) is 1. The minimum atomic E-state index is -0.320. The van der Waals surface area contributed by atoms with E-state index in [1.54, 1.807) is 12.1 Å². The summed E-state index contributed by atoms with van der Waals surface area (Å²) in [5.74, 6) is 0. The van der Waals surface area contributed by atoms with Gasteiger partial charge in [0.1, 0.15) is 5.60 Å². The largest absolute Gasteiger partial charge is 0.462 e. The second kappa shape index (κ2) is 10.00. The first kappa shape index (κ1) is 20.1. The Bertz CT molecular complexity index is 523. The first-order valence-corrected chi connectivity index (χ1v) is 8.11. The van der Waals surface area contributed by atoms with Crippen molar-refractivity contribution in [3.05, 3.63) is 39.9 Å². The molecule has 0 unspecified atom stereocenters. The molecule has 0 spiro atoms. The fraction of sp³-hybridized carbons (Fsp3) is 0.588. The summed E-state index contributed by atoms with van der Waals surface area (Å²) in [4.78, 5) is 20.1. The lowest BCUT2D eigenvalue weighted by Gasteiger charge is -2.23. The Hall–Kier alpha value is -1.99. The summed E-state index contributed by atoms with van der Waals surface area (Å²) in [5.41, 5.74) is 0.645. The van der Waals surface area contributed by atoms with Crippen molar-refractivity contribution in [3.8, 4) is 0 Å². The van der Waals surface area contributed by atoms with Crippen LogP contribution in [0.1, 0.15) is 39.2 Å². The molecule has 1 aliphatic rings. The summed E-state index contributed by atoms with van der Waals surface area (Å²) < 4.78 is 4.55. The third-order valence-electron chi connectivity index (χ3n) is 3.51. The van der Waals surface area contributed by atoms with E-state index < -0.39 is 0 Å². The molecule has 2 rings (SSSR count). The molecule has 24 heavy (non-hydrogen) atoms. The lowest BCUT2D eigenvalue weighted by Crippen LogP contribution is -2.39. The van der Waals surface area contributed by atoms with Crippen LogP contribution >= 0.6 is 0 Å². The molecule has 0 atom stereocenters. The zero-order valence-electron chi connectivity index (χ0n) is 14.6. The number of benzene rings is 1. The molecule has 0 aliphatic carbocycles. The van der Waals surface area contributed by atoms with E-state index in [4.69, 9.17) is 0 Å². The van der Waals surface area contributed by atoms with Gasteiger partial charge in [0.2, 0.25) is 0 Å². The Labute approximate surface area is 142 Å². The van der Waals surface area contributed by atoms with Gasteiger partial charge in [-0.25, -0.2) is 0 Å². The Balaban J connectivity index is 0.000000351. The summed E-state index contributed by atoms with van der Waals surface area (Å²) in [6.45, 7) is 8.54. The van der Waals surface area contributed by atoms with Crippen LogP contribution in [0.4, 0.5) is 5.69 Å². The second-order valence-corrected chi connectivity index (χ2v) is 6.62. The minimum Gasteiger partial charge on any atom is -0.462 e. The van der Waals surface area contributed by atoms with E-state index >= 15 is 0 Å². The van der Waals surface area contributed by atoms with Crippen molar-refractivity contribution >= 4 is 12.2 Å². The zero-order chi connectivity index (χ0) is 18.0. The van der Waals surface area contributed by atoms with Gasteiger partial charge in [0.25, 0.3) is 12.2 Å². The van der Waals surface area contributed by atoms with Crippen molar-refractivity contribution in [2.24, 2.45) is 0 Å². The average molecular weight is 337 g/mol. The van der Waals surface area contributed by atoms with Gasteiger partial charge in [-0.15, -0.1) is 0 Å². The van der Waals surface area contributed by atoms with E-state index in [0.29, 0.717) is 19.1 Å². The summed E-state index contributed by atoms with van der Waals surface area (Å²) in [6.07, 6.45) is 2.17. The van der Waals surface area contributed by atoms with E-state index in [1.807, 2.05) is 32.9 Å². The summed E-state index contributed by atoms with van der Waals surface area (Å²) in [7, 11) is 0. The van der Waals surface area contributed by atoms with E-state index in [0.717, 1.165) is 31.5 Å². The molecule has 1 heterocycles. The topological polar surface area (TPSA) is 93.5 Å². The molecule has 0 amide bonds. The first-order valence-electron chi connectivity index (χ1n) is 8.11. The van der Waals surface area contributed by atoms with Crippen molar-refractivity contribution in [1.29, 1.82) is 0 Å². The van der Waals surface area contributed by atoms with Gasteiger partial charge < -0.3 is 15.4 Å². The molecule has 2 N–H and O–H groups in total. The molecule has 134 valence electrons. The van der Waals surface area contributed by atoms with Gasteiger partial charge in [0, 0.05) is 24.2 Å². The highest BCUT2D eigenvalue weighted by Crippen LogP contribution is 2.17. The quantitative estimate of drug-likeness (QED) is 0.487. The zero-order valence-corrected chi connectivity index (χ0v) is 14.6. The van der Waals surface area contributed by atoms with Gasteiger partial charge in [0.05, 0.1) is 4.92 Å². The number of hydrogen-bond acceptors (Lipinski definition) is 6. The highest BCUT2D eigenvalue weighted by Gasteiger charge is 2.15. The van der Waals surface area contributed by atoms with Gasteiger partial charge in [-0.05, 0) is 46.7 Å². The number of piperidine rings is 1. The first-order chi connectivity index (χ1) is 11.3. The minimum absolute atomic E-state index is 0.203. The number of para-hydroxylation sites is 1. The van der Waals surface area contributed by atoms with Crippen molar-refractivity contribution in [2.75, 3.05) is 13.1 Å². The van der Waals surface area contributed by atoms with Gasteiger partial charge in [0.15, 0.2) is 0 Å². The predicted octanol–water partition coefficient (Wildman–Crippen LogP) is 2.39. The number of nitro benzene ring substituents is 1. The molecule has 1 aliphatic heterocycles. The Morgan fingerprint density at radius 2 is 1.96 bits per heavy atom. The van der Waals surface area contributed by atoms with Crippen molar-refractivity contribution in [1.82, 2.24) is 10.6 Å². The number of carbonyl (C=O) groups excluding carboxylic acids is 1. The van der Waals surface area contributed by atoms with E-state index in [2.05, 4.69) is 15.4 Å². The number of rotatable bonds is 5. The van der Waals surface area contributed by atoms with Crippen LogP contribution in [0.3, 0.4) is 0 Å². The maximum absolute atomic E-state index is 10.8. The van der Waals surface area contributed by atoms with Crippen LogP contribution in [0.2, 0.25) is 0 Å². The van der Waals surface area contributed by atoms with Crippen molar-refractivity contribution in [3.63, 3.8) is 0 Å². The molecule has 1 aromatic rings. The van der Waals surface area contributed by atoms with Gasteiger partial charge in [-0.3, -0.25) is 14.9 Å². The Morgan fingerprint density at radius 1 is 1.33 bits per heavy atom. The lowest BCUT2D eigenvalue weighted by molar-refractivity contribution is -0.385.